The molecule has 0 radical (unpaired) electrons. The molecule has 32 heavy (non-hydrogen) atoms. The van der Waals surface area contributed by atoms with Gasteiger partial charge < -0.3 is 14.4 Å². The van der Waals surface area contributed by atoms with Crippen LogP contribution in [0.15, 0.2) is 49.1 Å². The van der Waals surface area contributed by atoms with Gasteiger partial charge >= 0.3 is 0 Å². The standard InChI is InChI=1S/C24H28FN5O2/c1-15-10-17-12-21(23(25)24(2,13-15)29(17)3)32-22-7-6-19(27-28-22)18-5-4-16(11-20(18)31)30-9-8-26-14-30/h4-9,11,14-15,17,21,23,31H,10,12-13H2,1-3H3/t15?,17-,21-,23+,24+/m0/s1. The van der Waals surface area contributed by atoms with E-state index in [1.54, 1.807) is 47.6 Å². The lowest BCUT2D eigenvalue weighted by Gasteiger charge is -2.57. The molecule has 7 nitrogen and oxygen atoms in total. The van der Waals surface area contributed by atoms with Crippen LogP contribution in [0.2, 0.25) is 0 Å². The number of piperidine rings is 2. The van der Waals surface area contributed by atoms with Gasteiger partial charge in [-0.1, -0.05) is 6.92 Å². The molecule has 1 aromatic carbocycles. The van der Waals surface area contributed by atoms with E-state index >= 15 is 4.39 Å². The molecule has 1 N–H and O–H groups in total. The lowest BCUT2D eigenvalue weighted by atomic mass is 9.69. The second-order valence-corrected chi connectivity index (χ2v) is 9.39. The number of imidazole rings is 1. The summed E-state index contributed by atoms with van der Waals surface area (Å²) in [6.45, 7) is 4.20. The molecule has 2 fully saturated rings. The molecule has 2 bridgehead atoms. The molecule has 5 rings (SSSR count). The first kappa shape index (κ1) is 20.9. The molecule has 0 saturated carbocycles. The summed E-state index contributed by atoms with van der Waals surface area (Å²) in [7, 11) is 2.03. The molecule has 8 heteroatoms. The molecular formula is C24H28FN5O2. The third kappa shape index (κ3) is 3.52. The van der Waals surface area contributed by atoms with Crippen LogP contribution in [0.5, 0.6) is 11.6 Å². The Morgan fingerprint density at radius 3 is 2.72 bits per heavy atom. The van der Waals surface area contributed by atoms with Gasteiger partial charge in [-0.3, -0.25) is 4.90 Å². The number of benzene rings is 1. The topological polar surface area (TPSA) is 76.3 Å². The Balaban J connectivity index is 1.33. The van der Waals surface area contributed by atoms with Gasteiger partial charge in [0.05, 0.1) is 23.2 Å². The van der Waals surface area contributed by atoms with E-state index in [0.29, 0.717) is 35.5 Å². The summed E-state index contributed by atoms with van der Waals surface area (Å²) in [5.41, 5.74) is 1.35. The van der Waals surface area contributed by atoms with Crippen molar-refractivity contribution in [3.63, 3.8) is 0 Å². The first-order chi connectivity index (χ1) is 15.3. The van der Waals surface area contributed by atoms with Crippen LogP contribution >= 0.6 is 0 Å². The third-order valence-corrected chi connectivity index (χ3v) is 7.19. The van der Waals surface area contributed by atoms with Gasteiger partial charge in [-0.15, -0.1) is 10.2 Å². The van der Waals surface area contributed by atoms with E-state index in [1.165, 1.54) is 0 Å². The van der Waals surface area contributed by atoms with Crippen molar-refractivity contribution in [2.45, 2.75) is 57.0 Å². The summed E-state index contributed by atoms with van der Waals surface area (Å²) >= 11 is 0. The molecule has 2 saturated heterocycles. The molecule has 168 valence electrons. The predicted octanol–water partition coefficient (Wildman–Crippen LogP) is 4.01. The molecule has 0 spiro atoms. The molecule has 4 heterocycles. The fourth-order valence-electron chi connectivity index (χ4n) is 5.42. The number of halogens is 1. The summed E-state index contributed by atoms with van der Waals surface area (Å²) in [6.07, 6.45) is 6.00. The van der Waals surface area contributed by atoms with Crippen LogP contribution in [0.3, 0.4) is 0 Å². The number of nitrogens with zero attached hydrogens (tertiary/aromatic N) is 5. The monoisotopic (exact) mass is 437 g/mol. The van der Waals surface area contributed by atoms with Crippen molar-refractivity contribution in [2.24, 2.45) is 5.92 Å². The Hall–Kier alpha value is -3.00. The van der Waals surface area contributed by atoms with E-state index < -0.39 is 17.8 Å². The van der Waals surface area contributed by atoms with Crippen LogP contribution in [0.1, 0.15) is 33.1 Å². The quantitative estimate of drug-likeness (QED) is 0.665. The average Bonchev–Trinajstić information content (AvgIpc) is 3.31. The van der Waals surface area contributed by atoms with Crippen molar-refractivity contribution >= 4 is 0 Å². The summed E-state index contributed by atoms with van der Waals surface area (Å²) in [5, 5.41) is 18.9. The Kier molecular flexibility index (Phi) is 5.12. The third-order valence-electron chi connectivity index (χ3n) is 7.19. The maximum absolute atomic E-state index is 15.5. The molecule has 1 unspecified atom stereocenters. The fourth-order valence-corrected chi connectivity index (χ4v) is 5.42. The van der Waals surface area contributed by atoms with Gasteiger partial charge in [0, 0.05) is 42.6 Å². The van der Waals surface area contributed by atoms with Crippen molar-refractivity contribution in [3.05, 3.63) is 49.1 Å². The average molecular weight is 438 g/mol. The van der Waals surface area contributed by atoms with E-state index in [0.717, 1.165) is 18.5 Å². The minimum Gasteiger partial charge on any atom is -0.507 e. The van der Waals surface area contributed by atoms with Crippen LogP contribution in [0.25, 0.3) is 16.9 Å². The van der Waals surface area contributed by atoms with Gasteiger partial charge in [0.2, 0.25) is 5.88 Å². The van der Waals surface area contributed by atoms with Gasteiger partial charge in [-0.2, -0.15) is 0 Å². The molecule has 0 aliphatic carbocycles. The zero-order valence-corrected chi connectivity index (χ0v) is 18.5. The van der Waals surface area contributed by atoms with Gasteiger partial charge in [0.1, 0.15) is 11.9 Å². The first-order valence-corrected chi connectivity index (χ1v) is 11.0. The van der Waals surface area contributed by atoms with E-state index in [-0.39, 0.29) is 5.75 Å². The molecule has 2 aliphatic rings. The highest BCUT2D eigenvalue weighted by atomic mass is 19.1. The van der Waals surface area contributed by atoms with E-state index in [4.69, 9.17) is 4.74 Å². The van der Waals surface area contributed by atoms with E-state index in [9.17, 15) is 5.11 Å². The first-order valence-electron chi connectivity index (χ1n) is 11.0. The van der Waals surface area contributed by atoms with Gasteiger partial charge in [-0.25, -0.2) is 9.37 Å². The fraction of sp³-hybridized carbons (Fsp3) is 0.458. The minimum absolute atomic E-state index is 0.0909. The van der Waals surface area contributed by atoms with Gasteiger partial charge in [0.25, 0.3) is 0 Å². The van der Waals surface area contributed by atoms with Gasteiger partial charge in [0.15, 0.2) is 6.17 Å². The highest BCUT2D eigenvalue weighted by molar-refractivity contribution is 5.68. The van der Waals surface area contributed by atoms with Crippen LogP contribution in [0.4, 0.5) is 4.39 Å². The Morgan fingerprint density at radius 2 is 2.03 bits per heavy atom. The number of fused-ring (bicyclic) bond motifs is 2. The number of phenolic OH excluding ortho intramolecular Hbond substituents is 1. The molecule has 5 atom stereocenters. The van der Waals surface area contributed by atoms with E-state index in [2.05, 4.69) is 27.0 Å². The highest BCUT2D eigenvalue weighted by Gasteiger charge is 2.54. The minimum atomic E-state index is -1.10. The maximum atomic E-state index is 15.5. The Morgan fingerprint density at radius 1 is 1.19 bits per heavy atom. The van der Waals surface area contributed by atoms with Crippen LogP contribution in [-0.2, 0) is 0 Å². The van der Waals surface area contributed by atoms with Crippen molar-refractivity contribution in [1.82, 2.24) is 24.6 Å². The maximum Gasteiger partial charge on any atom is 0.233 e. The molecule has 2 aliphatic heterocycles. The summed E-state index contributed by atoms with van der Waals surface area (Å²) in [5.74, 6) is 0.899. The number of ether oxygens (including phenoxy) is 1. The zero-order chi connectivity index (χ0) is 22.5. The second-order valence-electron chi connectivity index (χ2n) is 9.39. The molecule has 2 aromatic heterocycles. The Labute approximate surface area is 186 Å². The van der Waals surface area contributed by atoms with Crippen molar-refractivity contribution in [3.8, 4) is 28.6 Å². The molecular weight excluding hydrogens is 409 g/mol. The summed E-state index contributed by atoms with van der Waals surface area (Å²) in [6, 6.07) is 9.04. The van der Waals surface area contributed by atoms with Crippen LogP contribution in [-0.4, -0.2) is 60.7 Å². The number of phenols is 1. The number of alkyl halides is 1. The van der Waals surface area contributed by atoms with Crippen molar-refractivity contribution < 1.29 is 14.2 Å². The SMILES string of the molecule is CC1C[C@H]2C[C@H](Oc3ccc(-c4ccc(-n5ccnc5)cc4O)nn3)[C@@H](F)[C@@](C)(C1)N2C. The molecule has 0 amide bonds. The molecule has 3 aromatic rings. The van der Waals surface area contributed by atoms with Crippen molar-refractivity contribution in [2.75, 3.05) is 7.05 Å². The highest BCUT2D eigenvalue weighted by Crippen LogP contribution is 2.45. The Bertz CT molecular complexity index is 1090. The van der Waals surface area contributed by atoms with Crippen LogP contribution in [0, 0.1) is 5.92 Å². The largest absolute Gasteiger partial charge is 0.507 e. The van der Waals surface area contributed by atoms with Crippen molar-refractivity contribution in [1.29, 1.82) is 0 Å². The second kappa shape index (κ2) is 7.85. The summed E-state index contributed by atoms with van der Waals surface area (Å²) < 4.78 is 23.3. The number of rotatable bonds is 4. The lowest BCUT2D eigenvalue weighted by Crippen LogP contribution is -2.67. The number of hydrogen-bond donors (Lipinski definition) is 1. The predicted molar refractivity (Wildman–Crippen MR) is 119 cm³/mol. The zero-order valence-electron chi connectivity index (χ0n) is 18.5. The number of hydrogen-bond acceptors (Lipinski definition) is 6. The summed E-state index contributed by atoms with van der Waals surface area (Å²) in [4.78, 5) is 6.21. The van der Waals surface area contributed by atoms with Crippen LogP contribution < -0.4 is 4.74 Å². The van der Waals surface area contributed by atoms with E-state index in [1.807, 2.05) is 20.0 Å². The van der Waals surface area contributed by atoms with Gasteiger partial charge in [-0.05, 0) is 50.9 Å². The number of aromatic hydroxyl groups is 1. The normalized spacial score (nSPS) is 30.2. The lowest BCUT2D eigenvalue weighted by molar-refractivity contribution is -0.127. The number of aromatic nitrogens is 4. The smallest absolute Gasteiger partial charge is 0.233 e.